The predicted octanol–water partition coefficient (Wildman–Crippen LogP) is 4.89. The molecule has 0 radical (unpaired) electrons. The molecule has 29 heavy (non-hydrogen) atoms. The highest BCUT2D eigenvalue weighted by Crippen LogP contribution is 2.32. The van der Waals surface area contributed by atoms with Crippen molar-refractivity contribution in [2.45, 2.75) is 24.0 Å². The van der Waals surface area contributed by atoms with Gasteiger partial charge in [0.1, 0.15) is 10.9 Å². The summed E-state index contributed by atoms with van der Waals surface area (Å²) < 4.78 is 6.58. The first-order valence-electron chi connectivity index (χ1n) is 9.61. The van der Waals surface area contributed by atoms with E-state index >= 15 is 0 Å². The molecule has 1 atom stereocenters. The molecule has 0 saturated carbocycles. The topological polar surface area (TPSA) is 67.0 Å². The van der Waals surface area contributed by atoms with Gasteiger partial charge < -0.3 is 15.0 Å². The lowest BCUT2D eigenvalue weighted by Gasteiger charge is -2.10. The minimum Gasteiger partial charge on any atom is -0.376 e. The molecule has 1 amide bonds. The Kier molecular flexibility index (Phi) is 6.69. The minimum absolute atomic E-state index is 0.00213. The first kappa shape index (κ1) is 20.2. The molecule has 7 heteroatoms. The average Bonchev–Trinajstić information content (AvgIpc) is 3.42. The van der Waals surface area contributed by atoms with Crippen molar-refractivity contribution in [3.63, 3.8) is 0 Å². The zero-order valence-electron chi connectivity index (χ0n) is 15.9. The van der Waals surface area contributed by atoms with Gasteiger partial charge in [0.25, 0.3) is 0 Å². The number of amides is 1. The van der Waals surface area contributed by atoms with Crippen LogP contribution in [0.5, 0.6) is 0 Å². The molecule has 1 aliphatic heterocycles. The molecule has 1 fully saturated rings. The summed E-state index contributed by atoms with van der Waals surface area (Å²) in [6.07, 6.45) is 2.24. The number of imidazole rings is 1. The van der Waals surface area contributed by atoms with Crippen LogP contribution in [0.1, 0.15) is 12.8 Å². The fraction of sp³-hybridized carbons (Fsp3) is 0.273. The van der Waals surface area contributed by atoms with E-state index in [9.17, 15) is 4.79 Å². The van der Waals surface area contributed by atoms with Crippen molar-refractivity contribution < 1.29 is 9.53 Å². The molecule has 1 aromatic heterocycles. The molecular weight excluding hydrogens is 450 g/mol. The number of hydrogen-bond acceptors (Lipinski definition) is 4. The second kappa shape index (κ2) is 9.61. The molecule has 150 valence electrons. The maximum absolute atomic E-state index is 12.3. The Morgan fingerprint density at radius 2 is 1.97 bits per heavy atom. The predicted molar refractivity (Wildman–Crippen MR) is 120 cm³/mol. The molecule has 1 aliphatic rings. The van der Waals surface area contributed by atoms with Gasteiger partial charge in [-0.15, -0.1) is 0 Å². The van der Waals surface area contributed by atoms with Gasteiger partial charge in [0, 0.05) is 28.8 Å². The molecule has 1 saturated heterocycles. The highest BCUT2D eigenvalue weighted by atomic mass is 79.9. The second-order valence-corrected chi connectivity index (χ2v) is 8.75. The maximum atomic E-state index is 12.3. The van der Waals surface area contributed by atoms with Gasteiger partial charge in [-0.25, -0.2) is 4.98 Å². The number of hydrogen-bond donors (Lipinski definition) is 2. The van der Waals surface area contributed by atoms with Gasteiger partial charge >= 0.3 is 0 Å². The summed E-state index contributed by atoms with van der Waals surface area (Å²) in [7, 11) is 0. The van der Waals surface area contributed by atoms with Crippen molar-refractivity contribution in [3.8, 4) is 22.6 Å². The number of halogens is 1. The fourth-order valence-electron chi connectivity index (χ4n) is 3.22. The summed E-state index contributed by atoms with van der Waals surface area (Å²) in [6, 6.07) is 18.1. The van der Waals surface area contributed by atoms with Gasteiger partial charge in [-0.2, -0.15) is 0 Å². The smallest absolute Gasteiger partial charge is 0.230 e. The molecule has 0 aliphatic carbocycles. The number of H-pyrrole nitrogens is 1. The number of rotatable bonds is 7. The highest BCUT2D eigenvalue weighted by molar-refractivity contribution is 9.10. The van der Waals surface area contributed by atoms with E-state index in [1.165, 1.54) is 11.8 Å². The van der Waals surface area contributed by atoms with Crippen LogP contribution in [0.2, 0.25) is 0 Å². The van der Waals surface area contributed by atoms with Crippen LogP contribution in [0.25, 0.3) is 22.6 Å². The molecule has 1 unspecified atom stereocenters. The van der Waals surface area contributed by atoms with Crippen LogP contribution >= 0.6 is 27.7 Å². The summed E-state index contributed by atoms with van der Waals surface area (Å²) in [5.74, 6) is 1.10. The molecule has 4 rings (SSSR count). The molecule has 2 heterocycles. The van der Waals surface area contributed by atoms with Crippen LogP contribution in [0.4, 0.5) is 0 Å². The Balaban J connectivity index is 1.49. The number of ether oxygens (including phenoxy) is 1. The normalized spacial score (nSPS) is 16.1. The Bertz CT molecular complexity index is 954. The van der Waals surface area contributed by atoms with E-state index in [1.54, 1.807) is 0 Å². The molecule has 0 spiro atoms. The van der Waals surface area contributed by atoms with Gasteiger partial charge in [-0.1, -0.05) is 70.2 Å². The van der Waals surface area contributed by atoms with Crippen LogP contribution < -0.4 is 5.32 Å². The second-order valence-electron chi connectivity index (χ2n) is 6.87. The number of thioether (sulfide) groups is 1. The van der Waals surface area contributed by atoms with Crippen molar-refractivity contribution in [1.29, 1.82) is 0 Å². The molecule has 0 bridgehead atoms. The summed E-state index contributed by atoms with van der Waals surface area (Å²) >= 11 is 4.91. The lowest BCUT2D eigenvalue weighted by atomic mass is 10.2. The number of carbonyl (C=O) groups excluding carboxylic acids is 1. The van der Waals surface area contributed by atoms with E-state index in [-0.39, 0.29) is 12.0 Å². The molecule has 2 N–H and O–H groups in total. The van der Waals surface area contributed by atoms with Gasteiger partial charge in [-0.05, 0) is 25.0 Å². The molecular formula is C22H22BrN3O2S. The Hall–Kier alpha value is -2.09. The van der Waals surface area contributed by atoms with E-state index in [0.717, 1.165) is 51.6 Å². The van der Waals surface area contributed by atoms with Gasteiger partial charge in [0.05, 0.1) is 17.6 Å². The van der Waals surface area contributed by atoms with Crippen molar-refractivity contribution in [1.82, 2.24) is 15.3 Å². The summed E-state index contributed by atoms with van der Waals surface area (Å²) in [5, 5.41) is 3.79. The van der Waals surface area contributed by atoms with E-state index in [0.29, 0.717) is 12.3 Å². The van der Waals surface area contributed by atoms with Crippen LogP contribution in [-0.4, -0.2) is 40.9 Å². The van der Waals surface area contributed by atoms with E-state index in [2.05, 4.69) is 26.2 Å². The van der Waals surface area contributed by atoms with Crippen LogP contribution in [0, 0.1) is 0 Å². The van der Waals surface area contributed by atoms with E-state index in [4.69, 9.17) is 9.72 Å². The van der Waals surface area contributed by atoms with Gasteiger partial charge in [0.2, 0.25) is 5.91 Å². The Morgan fingerprint density at radius 1 is 1.17 bits per heavy atom. The fourth-order valence-corrected chi connectivity index (χ4v) is 4.33. The maximum Gasteiger partial charge on any atom is 0.230 e. The number of aromatic amines is 1. The zero-order chi connectivity index (χ0) is 20.1. The van der Waals surface area contributed by atoms with Crippen molar-refractivity contribution in [3.05, 3.63) is 59.1 Å². The van der Waals surface area contributed by atoms with Crippen molar-refractivity contribution >= 4 is 33.6 Å². The van der Waals surface area contributed by atoms with E-state index < -0.39 is 0 Å². The van der Waals surface area contributed by atoms with Gasteiger partial charge in [0.15, 0.2) is 0 Å². The summed E-state index contributed by atoms with van der Waals surface area (Å²) in [6.45, 7) is 1.37. The number of benzene rings is 2. The third-order valence-electron chi connectivity index (χ3n) is 4.74. The van der Waals surface area contributed by atoms with Crippen LogP contribution in [0.15, 0.2) is 64.1 Å². The van der Waals surface area contributed by atoms with Crippen molar-refractivity contribution in [2.24, 2.45) is 0 Å². The van der Waals surface area contributed by atoms with Crippen molar-refractivity contribution in [2.75, 3.05) is 18.9 Å². The largest absolute Gasteiger partial charge is 0.376 e. The number of carbonyl (C=O) groups is 1. The zero-order valence-corrected chi connectivity index (χ0v) is 18.3. The molecule has 3 aromatic rings. The standard InChI is InChI=1S/C22H22BrN3O2S/c23-17-10-8-16(9-11-17)21-25-20(15-5-2-1-3-6-15)22(26-21)29-14-19(27)24-13-18-7-4-12-28-18/h1-3,5-6,8-11,18H,4,7,12-14H2,(H,24,27)(H,25,26). The average molecular weight is 472 g/mol. The third-order valence-corrected chi connectivity index (χ3v) is 6.25. The lowest BCUT2D eigenvalue weighted by Crippen LogP contribution is -2.32. The Labute approximate surface area is 182 Å². The van der Waals surface area contributed by atoms with Gasteiger partial charge in [-0.3, -0.25) is 4.79 Å². The lowest BCUT2D eigenvalue weighted by molar-refractivity contribution is -0.119. The minimum atomic E-state index is -0.00213. The highest BCUT2D eigenvalue weighted by Gasteiger charge is 2.18. The summed E-state index contributed by atoms with van der Waals surface area (Å²) in [5.41, 5.74) is 2.98. The first-order chi connectivity index (χ1) is 14.2. The first-order valence-corrected chi connectivity index (χ1v) is 11.4. The van der Waals surface area contributed by atoms with E-state index in [1.807, 2.05) is 54.6 Å². The SMILES string of the molecule is O=C(CSc1nc(-c2ccc(Br)cc2)[nH]c1-c1ccccc1)NCC1CCCO1. The van der Waals surface area contributed by atoms with Crippen LogP contribution in [0.3, 0.4) is 0 Å². The quantitative estimate of drug-likeness (QED) is 0.481. The molecule has 2 aromatic carbocycles. The number of nitrogens with one attached hydrogen (secondary N) is 2. The Morgan fingerprint density at radius 3 is 2.69 bits per heavy atom. The third kappa shape index (κ3) is 5.29. The molecule has 5 nitrogen and oxygen atoms in total. The number of aromatic nitrogens is 2. The monoisotopic (exact) mass is 471 g/mol. The summed E-state index contributed by atoms with van der Waals surface area (Å²) in [4.78, 5) is 20.5. The number of nitrogens with zero attached hydrogens (tertiary/aromatic N) is 1. The van der Waals surface area contributed by atoms with Crippen LogP contribution in [-0.2, 0) is 9.53 Å².